The van der Waals surface area contributed by atoms with Crippen LogP contribution in [0, 0.1) is 5.82 Å². The summed E-state index contributed by atoms with van der Waals surface area (Å²) in [7, 11) is 0. The first-order valence-corrected chi connectivity index (χ1v) is 8.67. The maximum absolute atomic E-state index is 13.5. The molecule has 1 saturated heterocycles. The Hall–Kier alpha value is -1.31. The number of hydrogen-bond acceptors (Lipinski definition) is 4. The fourth-order valence-corrected chi connectivity index (χ4v) is 3.67. The van der Waals surface area contributed by atoms with Crippen molar-refractivity contribution in [2.24, 2.45) is 0 Å². The van der Waals surface area contributed by atoms with Crippen LogP contribution in [0.15, 0.2) is 28.9 Å². The molecule has 0 aliphatic carbocycles. The normalized spacial score (nSPS) is 15.7. The predicted octanol–water partition coefficient (Wildman–Crippen LogP) is 3.76. The smallest absolute Gasteiger partial charge is 0.257 e. The number of carbonyl (C=O) groups excluding carboxylic acids is 1. The Morgan fingerprint density at radius 2 is 2.18 bits per heavy atom. The minimum atomic E-state index is -0.456. The predicted molar refractivity (Wildman–Crippen MR) is 89.0 cm³/mol. The molecule has 0 spiro atoms. The number of benzene rings is 1. The standard InChI is InChI=1S/C15H15BrFN3OS/c16-11-2-1-10(7-12(11)17)14(21)20-15-19-8-13(22-15)9-3-5-18-6-4-9/h1-2,7-9,18H,3-6H2,(H,19,20,21). The molecule has 0 bridgehead atoms. The summed E-state index contributed by atoms with van der Waals surface area (Å²) in [6.07, 6.45) is 4.01. The Morgan fingerprint density at radius 1 is 1.41 bits per heavy atom. The molecule has 7 heteroatoms. The van der Waals surface area contributed by atoms with Crippen LogP contribution in [0.3, 0.4) is 0 Å². The van der Waals surface area contributed by atoms with Crippen molar-refractivity contribution < 1.29 is 9.18 Å². The summed E-state index contributed by atoms with van der Waals surface area (Å²) in [5.41, 5.74) is 0.277. The molecule has 0 radical (unpaired) electrons. The number of hydrogen-bond donors (Lipinski definition) is 2. The van der Waals surface area contributed by atoms with E-state index >= 15 is 0 Å². The van der Waals surface area contributed by atoms with E-state index in [1.54, 1.807) is 6.07 Å². The van der Waals surface area contributed by atoms with Gasteiger partial charge in [0.25, 0.3) is 5.91 Å². The van der Waals surface area contributed by atoms with Crippen molar-refractivity contribution in [3.8, 4) is 0 Å². The van der Waals surface area contributed by atoms with Crippen molar-refractivity contribution in [3.05, 3.63) is 45.1 Å². The number of halogens is 2. The number of nitrogens with one attached hydrogen (secondary N) is 2. The molecule has 1 fully saturated rings. The van der Waals surface area contributed by atoms with E-state index in [1.165, 1.54) is 28.3 Å². The molecule has 0 saturated carbocycles. The maximum Gasteiger partial charge on any atom is 0.257 e. The van der Waals surface area contributed by atoms with Crippen molar-refractivity contribution >= 4 is 38.3 Å². The van der Waals surface area contributed by atoms with Crippen LogP contribution >= 0.6 is 27.3 Å². The Kier molecular flexibility index (Phi) is 4.85. The number of piperidine rings is 1. The largest absolute Gasteiger partial charge is 0.317 e. The van der Waals surface area contributed by atoms with Gasteiger partial charge in [-0.05, 0) is 66.0 Å². The van der Waals surface area contributed by atoms with E-state index in [2.05, 4.69) is 31.5 Å². The number of thiazole rings is 1. The van der Waals surface area contributed by atoms with Crippen molar-refractivity contribution in [3.63, 3.8) is 0 Å². The number of anilines is 1. The number of aromatic nitrogens is 1. The highest BCUT2D eigenvalue weighted by molar-refractivity contribution is 9.10. The molecule has 2 aromatic rings. The summed E-state index contributed by atoms with van der Waals surface area (Å²) < 4.78 is 13.8. The van der Waals surface area contributed by atoms with Crippen LogP contribution in [-0.2, 0) is 0 Å². The van der Waals surface area contributed by atoms with Gasteiger partial charge in [-0.15, -0.1) is 11.3 Å². The number of carbonyl (C=O) groups is 1. The van der Waals surface area contributed by atoms with Gasteiger partial charge in [-0.1, -0.05) is 0 Å². The van der Waals surface area contributed by atoms with Gasteiger partial charge in [-0.2, -0.15) is 0 Å². The summed E-state index contributed by atoms with van der Waals surface area (Å²) >= 11 is 4.57. The lowest BCUT2D eigenvalue weighted by atomic mass is 9.97. The number of nitrogens with zero attached hydrogens (tertiary/aromatic N) is 1. The lowest BCUT2D eigenvalue weighted by Gasteiger charge is -2.20. The molecule has 1 amide bonds. The average molecular weight is 384 g/mol. The molecule has 1 aromatic heterocycles. The van der Waals surface area contributed by atoms with Crippen molar-refractivity contribution in [2.75, 3.05) is 18.4 Å². The van der Waals surface area contributed by atoms with E-state index in [9.17, 15) is 9.18 Å². The lowest BCUT2D eigenvalue weighted by Crippen LogP contribution is -2.26. The van der Waals surface area contributed by atoms with Crippen LogP contribution in [0.5, 0.6) is 0 Å². The average Bonchev–Trinajstić information content (AvgIpc) is 2.99. The third-order valence-corrected chi connectivity index (χ3v) is 5.39. The topological polar surface area (TPSA) is 54.0 Å². The van der Waals surface area contributed by atoms with Crippen molar-refractivity contribution in [2.45, 2.75) is 18.8 Å². The molecule has 22 heavy (non-hydrogen) atoms. The maximum atomic E-state index is 13.5. The van der Waals surface area contributed by atoms with Crippen LogP contribution in [0.25, 0.3) is 0 Å². The van der Waals surface area contributed by atoms with Crippen LogP contribution < -0.4 is 10.6 Å². The Balaban J connectivity index is 1.68. The number of amides is 1. The second-order valence-electron chi connectivity index (χ2n) is 5.18. The van der Waals surface area contributed by atoms with E-state index in [0.717, 1.165) is 25.9 Å². The first-order valence-electron chi connectivity index (χ1n) is 7.06. The highest BCUT2D eigenvalue weighted by Gasteiger charge is 2.18. The Morgan fingerprint density at radius 3 is 2.91 bits per heavy atom. The van der Waals surface area contributed by atoms with Crippen molar-refractivity contribution in [1.82, 2.24) is 10.3 Å². The second-order valence-corrected chi connectivity index (χ2v) is 7.09. The van der Waals surface area contributed by atoms with Gasteiger partial charge in [0.05, 0.1) is 4.47 Å². The van der Waals surface area contributed by atoms with E-state index in [4.69, 9.17) is 0 Å². The van der Waals surface area contributed by atoms with E-state index in [-0.39, 0.29) is 11.5 Å². The van der Waals surface area contributed by atoms with Crippen molar-refractivity contribution in [1.29, 1.82) is 0 Å². The molecule has 1 aliphatic heterocycles. The summed E-state index contributed by atoms with van der Waals surface area (Å²) in [5.74, 6) is -0.297. The fourth-order valence-electron chi connectivity index (χ4n) is 2.45. The lowest BCUT2D eigenvalue weighted by molar-refractivity contribution is 0.102. The quantitative estimate of drug-likeness (QED) is 0.847. The van der Waals surface area contributed by atoms with Gasteiger partial charge in [0, 0.05) is 16.6 Å². The summed E-state index contributed by atoms with van der Waals surface area (Å²) in [4.78, 5) is 17.6. The highest BCUT2D eigenvalue weighted by Crippen LogP contribution is 2.31. The minimum Gasteiger partial charge on any atom is -0.317 e. The molecule has 1 aliphatic rings. The first-order chi connectivity index (χ1) is 10.6. The van der Waals surface area contributed by atoms with E-state index in [1.807, 2.05) is 6.20 Å². The fraction of sp³-hybridized carbons (Fsp3) is 0.333. The summed E-state index contributed by atoms with van der Waals surface area (Å²) in [5, 5.41) is 6.62. The van der Waals surface area contributed by atoms with Gasteiger partial charge in [-0.3, -0.25) is 10.1 Å². The van der Waals surface area contributed by atoms with Gasteiger partial charge >= 0.3 is 0 Å². The van der Waals surface area contributed by atoms with Crippen LogP contribution in [-0.4, -0.2) is 24.0 Å². The van der Waals surface area contributed by atoms with Crippen LogP contribution in [0.2, 0.25) is 0 Å². The second kappa shape index (κ2) is 6.85. The zero-order valence-electron chi connectivity index (χ0n) is 11.7. The Labute approximate surface area is 140 Å². The third kappa shape index (κ3) is 3.53. The van der Waals surface area contributed by atoms with Crippen LogP contribution in [0.4, 0.5) is 9.52 Å². The van der Waals surface area contributed by atoms with Gasteiger partial charge in [0.1, 0.15) is 5.82 Å². The molecule has 0 unspecified atom stereocenters. The SMILES string of the molecule is O=C(Nc1ncc(C2CCNCC2)s1)c1ccc(Br)c(F)c1. The van der Waals surface area contributed by atoms with Gasteiger partial charge < -0.3 is 5.32 Å². The molecular formula is C15H15BrFN3OS. The zero-order valence-corrected chi connectivity index (χ0v) is 14.1. The molecule has 3 rings (SSSR count). The van der Waals surface area contributed by atoms with Gasteiger partial charge in [0.15, 0.2) is 5.13 Å². The minimum absolute atomic E-state index is 0.277. The van der Waals surface area contributed by atoms with Gasteiger partial charge in [0.2, 0.25) is 0 Å². The number of rotatable bonds is 3. The summed E-state index contributed by atoms with van der Waals surface area (Å²) in [6.45, 7) is 2.03. The monoisotopic (exact) mass is 383 g/mol. The first kappa shape index (κ1) is 15.6. The molecule has 1 aromatic carbocycles. The van der Waals surface area contributed by atoms with E-state index < -0.39 is 5.82 Å². The molecule has 4 nitrogen and oxygen atoms in total. The molecule has 2 N–H and O–H groups in total. The van der Waals surface area contributed by atoms with E-state index in [0.29, 0.717) is 15.5 Å². The molecule has 2 heterocycles. The third-order valence-electron chi connectivity index (χ3n) is 3.67. The van der Waals surface area contributed by atoms with Crippen LogP contribution in [0.1, 0.15) is 34.0 Å². The molecular weight excluding hydrogens is 369 g/mol. The Bertz CT molecular complexity index is 685. The molecule has 0 atom stereocenters. The molecule has 116 valence electrons. The van der Waals surface area contributed by atoms with Gasteiger partial charge in [-0.25, -0.2) is 9.37 Å². The zero-order chi connectivity index (χ0) is 15.5. The summed E-state index contributed by atoms with van der Waals surface area (Å²) in [6, 6.07) is 4.30. The highest BCUT2D eigenvalue weighted by atomic mass is 79.9.